The summed E-state index contributed by atoms with van der Waals surface area (Å²) in [7, 11) is -3.73. The summed E-state index contributed by atoms with van der Waals surface area (Å²) >= 11 is 4.85. The Hall–Kier alpha value is -1.58. The van der Waals surface area contributed by atoms with Crippen molar-refractivity contribution in [2.75, 3.05) is 13.1 Å². The monoisotopic (exact) mass is 328 g/mol. The van der Waals surface area contributed by atoms with Gasteiger partial charge < -0.3 is 11.1 Å². The zero-order valence-corrected chi connectivity index (χ0v) is 13.1. The molecule has 0 saturated carbocycles. The molecule has 0 radical (unpaired) electrons. The number of aromatic nitrogens is 1. The summed E-state index contributed by atoms with van der Waals surface area (Å²) in [6.07, 6.45) is 2.01. The second-order valence-electron chi connectivity index (χ2n) is 4.76. The largest absolute Gasteiger partial charge is 0.388 e. The molecule has 0 aromatic carbocycles. The van der Waals surface area contributed by atoms with Crippen LogP contribution in [0.25, 0.3) is 0 Å². The van der Waals surface area contributed by atoms with Gasteiger partial charge in [0.25, 0.3) is 0 Å². The van der Waals surface area contributed by atoms with E-state index < -0.39 is 10.0 Å². The van der Waals surface area contributed by atoms with E-state index in [1.54, 1.807) is 0 Å². The number of amides is 1. The van der Waals surface area contributed by atoms with Crippen LogP contribution in [0.1, 0.15) is 19.0 Å². The van der Waals surface area contributed by atoms with Crippen LogP contribution < -0.4 is 11.1 Å². The van der Waals surface area contributed by atoms with Gasteiger partial charge >= 0.3 is 0 Å². The third-order valence-electron chi connectivity index (χ3n) is 3.18. The molecule has 114 valence electrons. The quantitative estimate of drug-likeness (QED) is 0.730. The van der Waals surface area contributed by atoms with Crippen LogP contribution in [0.4, 0.5) is 0 Å². The molecule has 0 spiro atoms. The average molecular weight is 328 g/mol. The Bertz CT molecular complexity index is 675. The Labute approximate surface area is 128 Å². The minimum atomic E-state index is -3.73. The molecule has 1 amide bonds. The molecular weight excluding hydrogens is 312 g/mol. The van der Waals surface area contributed by atoms with E-state index in [1.807, 2.05) is 0 Å². The number of carbonyl (C=O) groups is 1. The van der Waals surface area contributed by atoms with E-state index in [-0.39, 0.29) is 34.1 Å². The maximum Gasteiger partial charge on any atom is 0.245 e. The molecule has 7 nitrogen and oxygen atoms in total. The summed E-state index contributed by atoms with van der Waals surface area (Å²) < 4.78 is 26.6. The van der Waals surface area contributed by atoms with Gasteiger partial charge in [-0.3, -0.25) is 9.78 Å². The van der Waals surface area contributed by atoms with Crippen molar-refractivity contribution in [1.29, 1.82) is 0 Å². The zero-order chi connectivity index (χ0) is 15.6. The van der Waals surface area contributed by atoms with Crippen molar-refractivity contribution in [3.63, 3.8) is 0 Å². The molecule has 0 aliphatic carbocycles. The maximum atomic E-state index is 12.6. The fourth-order valence-electron chi connectivity index (χ4n) is 2.27. The molecule has 1 aliphatic rings. The van der Waals surface area contributed by atoms with Crippen LogP contribution in [-0.2, 0) is 14.8 Å². The molecule has 1 aromatic rings. The topological polar surface area (TPSA) is 105 Å². The van der Waals surface area contributed by atoms with Gasteiger partial charge in [-0.05, 0) is 18.6 Å². The Kier molecular flexibility index (Phi) is 4.55. The fraction of sp³-hybridized carbons (Fsp3) is 0.417. The number of pyridine rings is 1. The Morgan fingerprint density at radius 1 is 1.57 bits per heavy atom. The molecule has 2 rings (SSSR count). The van der Waals surface area contributed by atoms with Crippen LogP contribution in [-0.4, -0.2) is 47.7 Å². The summed E-state index contributed by atoms with van der Waals surface area (Å²) in [5.41, 5.74) is 5.63. The van der Waals surface area contributed by atoms with Gasteiger partial charge in [0.15, 0.2) is 0 Å². The number of nitrogens with two attached hydrogens (primary N) is 1. The normalized spacial score (nSPS) is 19.4. The van der Waals surface area contributed by atoms with E-state index in [0.717, 1.165) is 0 Å². The second-order valence-corrected chi connectivity index (χ2v) is 7.11. The molecule has 1 fully saturated rings. The Morgan fingerprint density at radius 3 is 2.90 bits per heavy atom. The lowest BCUT2D eigenvalue weighted by Gasteiger charge is -2.18. The lowest BCUT2D eigenvalue weighted by atomic mass is 10.3. The van der Waals surface area contributed by atoms with Crippen LogP contribution in [0.3, 0.4) is 0 Å². The van der Waals surface area contributed by atoms with E-state index in [4.69, 9.17) is 18.0 Å². The summed E-state index contributed by atoms with van der Waals surface area (Å²) in [4.78, 5) is 14.9. The van der Waals surface area contributed by atoms with E-state index in [1.165, 1.54) is 29.6 Å². The zero-order valence-electron chi connectivity index (χ0n) is 11.4. The van der Waals surface area contributed by atoms with E-state index in [9.17, 15) is 13.2 Å². The van der Waals surface area contributed by atoms with Crippen LogP contribution in [0.15, 0.2) is 23.2 Å². The summed E-state index contributed by atoms with van der Waals surface area (Å²) in [6.45, 7) is 1.97. The second kappa shape index (κ2) is 6.04. The Morgan fingerprint density at radius 2 is 2.29 bits per heavy atom. The third-order valence-corrected chi connectivity index (χ3v) is 5.27. The molecular formula is C12H16N4O3S2. The molecule has 1 aliphatic heterocycles. The molecule has 1 saturated heterocycles. The first-order valence-electron chi connectivity index (χ1n) is 6.34. The number of hydrogen-bond donors (Lipinski definition) is 2. The number of rotatable bonds is 4. The number of thiocarbonyl (C=S) groups is 1. The molecule has 21 heavy (non-hydrogen) atoms. The van der Waals surface area contributed by atoms with Crippen LogP contribution in [0.2, 0.25) is 0 Å². The molecule has 1 atom stereocenters. The van der Waals surface area contributed by atoms with Crippen LogP contribution >= 0.6 is 12.2 Å². The predicted octanol–water partition coefficient (Wildman–Crippen LogP) is -0.385. The van der Waals surface area contributed by atoms with Gasteiger partial charge in [0.2, 0.25) is 15.9 Å². The van der Waals surface area contributed by atoms with Crippen molar-refractivity contribution in [2.24, 2.45) is 5.73 Å². The van der Waals surface area contributed by atoms with Gasteiger partial charge in [0.1, 0.15) is 15.6 Å². The lowest BCUT2D eigenvalue weighted by molar-refractivity contribution is -0.119. The van der Waals surface area contributed by atoms with Gasteiger partial charge in [-0.15, -0.1) is 0 Å². The summed E-state index contributed by atoms with van der Waals surface area (Å²) in [5, 5.41) is 2.72. The molecule has 9 heteroatoms. The van der Waals surface area contributed by atoms with Gasteiger partial charge in [-0.25, -0.2) is 8.42 Å². The van der Waals surface area contributed by atoms with Gasteiger partial charge in [0.05, 0.1) is 0 Å². The highest BCUT2D eigenvalue weighted by molar-refractivity contribution is 7.89. The number of sulfonamides is 1. The van der Waals surface area contributed by atoms with Crippen LogP contribution in [0, 0.1) is 0 Å². The first kappa shape index (κ1) is 15.8. The van der Waals surface area contributed by atoms with E-state index in [0.29, 0.717) is 13.0 Å². The third kappa shape index (κ3) is 3.36. The summed E-state index contributed by atoms with van der Waals surface area (Å²) in [6, 6.07) is 2.78. The van der Waals surface area contributed by atoms with Crippen molar-refractivity contribution < 1.29 is 13.2 Å². The maximum absolute atomic E-state index is 12.6. The van der Waals surface area contributed by atoms with Gasteiger partial charge in [-0.2, -0.15) is 4.31 Å². The molecule has 2 heterocycles. The van der Waals surface area contributed by atoms with Crippen molar-refractivity contribution in [3.05, 3.63) is 24.0 Å². The minimum Gasteiger partial charge on any atom is -0.388 e. The van der Waals surface area contributed by atoms with Crippen molar-refractivity contribution in [1.82, 2.24) is 14.6 Å². The highest BCUT2D eigenvalue weighted by Crippen LogP contribution is 2.23. The molecule has 1 aromatic heterocycles. The predicted molar refractivity (Wildman–Crippen MR) is 81.1 cm³/mol. The van der Waals surface area contributed by atoms with E-state index in [2.05, 4.69) is 10.3 Å². The standard InChI is InChI=1S/C12H16N4O3S2/c1-8(17)15-9-4-6-16(7-9)21(18,19)10-3-2-5-14-11(10)12(13)20/h2-3,5,9H,4,6-7H2,1H3,(H2,13,20)(H,15,17). The lowest BCUT2D eigenvalue weighted by Crippen LogP contribution is -2.37. The van der Waals surface area contributed by atoms with Gasteiger partial charge in [0, 0.05) is 32.3 Å². The summed E-state index contributed by atoms with van der Waals surface area (Å²) in [5.74, 6) is -0.176. The number of nitrogens with one attached hydrogen (secondary N) is 1. The number of nitrogens with zero attached hydrogens (tertiary/aromatic N) is 2. The van der Waals surface area contributed by atoms with Crippen molar-refractivity contribution in [3.8, 4) is 0 Å². The first-order valence-corrected chi connectivity index (χ1v) is 8.19. The SMILES string of the molecule is CC(=O)NC1CCN(S(=O)(=O)c2cccnc2C(N)=S)C1. The molecule has 3 N–H and O–H groups in total. The minimum absolute atomic E-state index is 0.000903. The first-order chi connectivity index (χ1) is 9.82. The Balaban J connectivity index is 2.28. The van der Waals surface area contributed by atoms with Crippen molar-refractivity contribution in [2.45, 2.75) is 24.3 Å². The van der Waals surface area contributed by atoms with Crippen LogP contribution in [0.5, 0.6) is 0 Å². The van der Waals surface area contributed by atoms with E-state index >= 15 is 0 Å². The smallest absolute Gasteiger partial charge is 0.245 e. The number of hydrogen-bond acceptors (Lipinski definition) is 5. The highest BCUT2D eigenvalue weighted by Gasteiger charge is 2.34. The number of carbonyl (C=O) groups excluding carboxylic acids is 1. The van der Waals surface area contributed by atoms with Gasteiger partial charge in [-0.1, -0.05) is 12.2 Å². The molecule has 1 unspecified atom stereocenters. The average Bonchev–Trinajstić information content (AvgIpc) is 2.87. The van der Waals surface area contributed by atoms with Crippen molar-refractivity contribution >= 4 is 33.1 Å². The molecule has 0 bridgehead atoms. The fourth-order valence-corrected chi connectivity index (χ4v) is 4.16. The highest BCUT2D eigenvalue weighted by atomic mass is 32.2.